The first kappa shape index (κ1) is 19.0. The van der Waals surface area contributed by atoms with Crippen LogP contribution in [0.5, 0.6) is 5.75 Å². The maximum Gasteiger partial charge on any atom is 0.407 e. The average Bonchev–Trinajstić information content (AvgIpc) is 3.03. The highest BCUT2D eigenvalue weighted by molar-refractivity contribution is 5.81. The van der Waals surface area contributed by atoms with Gasteiger partial charge in [0.05, 0.1) is 0 Å². The summed E-state index contributed by atoms with van der Waals surface area (Å²) in [6.45, 7) is 3.04. The summed E-state index contributed by atoms with van der Waals surface area (Å²) >= 11 is 0. The molecule has 2 N–H and O–H groups in total. The molecule has 1 heterocycles. The molecule has 1 unspecified atom stereocenters. The number of rotatable bonds is 8. The molecule has 1 aromatic carbocycles. The minimum absolute atomic E-state index is 0.143. The number of nitrogens with zero attached hydrogens (tertiary/aromatic N) is 2. The van der Waals surface area contributed by atoms with Crippen LogP contribution in [-0.4, -0.2) is 73.3 Å². The fourth-order valence-electron chi connectivity index (χ4n) is 2.86. The monoisotopic (exact) mass is 353 g/mol. The van der Waals surface area contributed by atoms with E-state index in [4.69, 9.17) is 4.74 Å². The van der Waals surface area contributed by atoms with Gasteiger partial charge in [0.1, 0.15) is 24.7 Å². The smallest absolute Gasteiger partial charge is 0.407 e. The molecule has 1 aromatic rings. The fraction of sp³-hybridized carbons (Fsp3) is 0.529. The topological polar surface area (TPSA) is 82.1 Å². The lowest BCUT2D eigenvalue weighted by Crippen LogP contribution is -2.42. The lowest BCUT2D eigenvalue weighted by Gasteiger charge is -2.22. The van der Waals surface area contributed by atoms with E-state index < -0.39 is 6.09 Å². The minimum Gasteiger partial charge on any atom is -0.492 e. The van der Waals surface area contributed by atoms with Gasteiger partial charge in [-0.25, -0.2) is 9.18 Å². The summed E-state index contributed by atoms with van der Waals surface area (Å²) in [4.78, 5) is 26.0. The third-order valence-electron chi connectivity index (χ3n) is 4.22. The van der Waals surface area contributed by atoms with E-state index in [-0.39, 0.29) is 24.2 Å². The van der Waals surface area contributed by atoms with Crippen molar-refractivity contribution in [3.8, 4) is 5.75 Å². The standard InChI is InChI=1S/C17H24FN3O4/c1-19-16(22)12-21(17(23)24)11-13-6-7-20(10-13)8-9-25-15-4-2-14(18)3-5-15/h2-5,13H,6-12H2,1H3,(H,19,22)(H,23,24). The van der Waals surface area contributed by atoms with Gasteiger partial charge in [-0.15, -0.1) is 0 Å². The first-order chi connectivity index (χ1) is 12.0. The Kier molecular flexibility index (Phi) is 7.00. The van der Waals surface area contributed by atoms with Gasteiger partial charge in [-0.2, -0.15) is 0 Å². The number of likely N-dealkylation sites (tertiary alicyclic amines) is 1. The molecule has 7 nitrogen and oxygen atoms in total. The van der Waals surface area contributed by atoms with Crippen LogP contribution in [0.3, 0.4) is 0 Å². The number of carboxylic acid groups (broad SMARTS) is 1. The van der Waals surface area contributed by atoms with E-state index >= 15 is 0 Å². The van der Waals surface area contributed by atoms with Crippen LogP contribution >= 0.6 is 0 Å². The summed E-state index contributed by atoms with van der Waals surface area (Å²) in [5.41, 5.74) is 0. The molecular weight excluding hydrogens is 329 g/mol. The van der Waals surface area contributed by atoms with Crippen molar-refractivity contribution < 1.29 is 23.8 Å². The molecule has 2 amide bonds. The Hall–Kier alpha value is -2.35. The second-order valence-corrected chi connectivity index (χ2v) is 6.09. The molecule has 1 atom stereocenters. The van der Waals surface area contributed by atoms with Gasteiger partial charge >= 0.3 is 6.09 Å². The summed E-state index contributed by atoms with van der Waals surface area (Å²) in [6, 6.07) is 5.89. The fourth-order valence-corrected chi connectivity index (χ4v) is 2.86. The van der Waals surface area contributed by atoms with Crippen LogP contribution in [-0.2, 0) is 4.79 Å². The Labute approximate surface area is 146 Å². The van der Waals surface area contributed by atoms with Gasteiger partial charge in [0, 0.05) is 26.7 Å². The Morgan fingerprint density at radius 3 is 2.76 bits per heavy atom. The normalized spacial score (nSPS) is 17.3. The van der Waals surface area contributed by atoms with Gasteiger partial charge in [0.2, 0.25) is 5.91 Å². The number of hydrogen-bond acceptors (Lipinski definition) is 4. The minimum atomic E-state index is -1.08. The van der Waals surface area contributed by atoms with Crippen LogP contribution in [0.2, 0.25) is 0 Å². The molecule has 8 heteroatoms. The van der Waals surface area contributed by atoms with Crippen molar-refractivity contribution in [2.24, 2.45) is 5.92 Å². The van der Waals surface area contributed by atoms with Gasteiger partial charge in [-0.1, -0.05) is 0 Å². The molecule has 0 aliphatic carbocycles. The molecule has 1 saturated heterocycles. The van der Waals surface area contributed by atoms with Crippen molar-refractivity contribution in [1.82, 2.24) is 15.1 Å². The van der Waals surface area contributed by atoms with E-state index in [0.717, 1.165) is 31.0 Å². The number of benzene rings is 1. The predicted octanol–water partition coefficient (Wildman–Crippen LogP) is 1.25. The first-order valence-corrected chi connectivity index (χ1v) is 8.27. The predicted molar refractivity (Wildman–Crippen MR) is 90.1 cm³/mol. The third-order valence-corrected chi connectivity index (χ3v) is 4.22. The zero-order valence-corrected chi connectivity index (χ0v) is 14.3. The van der Waals surface area contributed by atoms with Crippen molar-refractivity contribution in [2.75, 3.05) is 46.4 Å². The van der Waals surface area contributed by atoms with Crippen LogP contribution in [0, 0.1) is 11.7 Å². The summed E-state index contributed by atoms with van der Waals surface area (Å²) < 4.78 is 18.4. The van der Waals surface area contributed by atoms with Gasteiger partial charge in [0.15, 0.2) is 0 Å². The highest BCUT2D eigenvalue weighted by Gasteiger charge is 2.26. The van der Waals surface area contributed by atoms with Crippen molar-refractivity contribution in [3.63, 3.8) is 0 Å². The molecular formula is C17H24FN3O4. The lowest BCUT2D eigenvalue weighted by molar-refractivity contribution is -0.121. The van der Waals surface area contributed by atoms with Crippen LogP contribution in [0.25, 0.3) is 0 Å². The second kappa shape index (κ2) is 9.22. The van der Waals surface area contributed by atoms with Gasteiger partial charge in [-0.05, 0) is 43.1 Å². The molecule has 1 aliphatic rings. The molecule has 2 rings (SSSR count). The SMILES string of the molecule is CNC(=O)CN(CC1CCN(CCOc2ccc(F)cc2)C1)C(=O)O. The van der Waals surface area contributed by atoms with Crippen LogP contribution in [0.4, 0.5) is 9.18 Å². The summed E-state index contributed by atoms with van der Waals surface area (Å²) in [7, 11) is 1.49. The number of hydrogen-bond donors (Lipinski definition) is 2. The highest BCUT2D eigenvalue weighted by Crippen LogP contribution is 2.18. The Balaban J connectivity index is 1.72. The number of nitrogens with one attached hydrogen (secondary N) is 1. The van der Waals surface area contributed by atoms with Crippen molar-refractivity contribution in [1.29, 1.82) is 0 Å². The number of ether oxygens (including phenoxy) is 1. The van der Waals surface area contributed by atoms with Crippen LogP contribution in [0.15, 0.2) is 24.3 Å². The van der Waals surface area contributed by atoms with Crippen LogP contribution < -0.4 is 10.1 Å². The average molecular weight is 353 g/mol. The van der Waals surface area contributed by atoms with E-state index in [0.29, 0.717) is 18.9 Å². The molecule has 138 valence electrons. The number of halogens is 1. The highest BCUT2D eigenvalue weighted by atomic mass is 19.1. The number of carbonyl (C=O) groups excluding carboxylic acids is 1. The van der Waals surface area contributed by atoms with E-state index in [1.807, 2.05) is 0 Å². The molecule has 0 spiro atoms. The maximum absolute atomic E-state index is 12.8. The van der Waals surface area contributed by atoms with Gasteiger partial charge in [-0.3, -0.25) is 14.6 Å². The van der Waals surface area contributed by atoms with E-state index in [1.165, 1.54) is 19.2 Å². The van der Waals surface area contributed by atoms with E-state index in [2.05, 4.69) is 10.2 Å². The van der Waals surface area contributed by atoms with Gasteiger partial charge in [0.25, 0.3) is 0 Å². The molecule has 1 aliphatic heterocycles. The largest absolute Gasteiger partial charge is 0.492 e. The van der Waals surface area contributed by atoms with Crippen molar-refractivity contribution in [3.05, 3.63) is 30.1 Å². The zero-order chi connectivity index (χ0) is 18.2. The molecule has 0 radical (unpaired) electrons. The first-order valence-electron chi connectivity index (χ1n) is 8.27. The Morgan fingerprint density at radius 2 is 2.12 bits per heavy atom. The zero-order valence-electron chi connectivity index (χ0n) is 14.3. The Bertz CT molecular complexity index is 582. The number of amides is 2. The maximum atomic E-state index is 12.8. The second-order valence-electron chi connectivity index (χ2n) is 6.09. The van der Waals surface area contributed by atoms with Crippen molar-refractivity contribution in [2.45, 2.75) is 6.42 Å². The van der Waals surface area contributed by atoms with Crippen LogP contribution in [0.1, 0.15) is 6.42 Å². The van der Waals surface area contributed by atoms with E-state index in [1.54, 1.807) is 12.1 Å². The number of likely N-dealkylation sites (N-methyl/N-ethyl adjacent to an activating group) is 1. The Morgan fingerprint density at radius 1 is 1.40 bits per heavy atom. The van der Waals surface area contributed by atoms with Gasteiger partial charge < -0.3 is 15.2 Å². The molecule has 1 fully saturated rings. The lowest BCUT2D eigenvalue weighted by atomic mass is 10.1. The summed E-state index contributed by atoms with van der Waals surface area (Å²) in [5.74, 6) is 0.214. The molecule has 0 aromatic heterocycles. The molecule has 25 heavy (non-hydrogen) atoms. The summed E-state index contributed by atoms with van der Waals surface area (Å²) in [5, 5.41) is 11.7. The van der Waals surface area contributed by atoms with E-state index in [9.17, 15) is 19.1 Å². The third kappa shape index (κ3) is 6.22. The molecule has 0 saturated carbocycles. The van der Waals surface area contributed by atoms with Crippen molar-refractivity contribution >= 4 is 12.0 Å². The molecule has 0 bridgehead atoms. The number of carbonyl (C=O) groups is 2. The quantitative estimate of drug-likeness (QED) is 0.735. The summed E-state index contributed by atoms with van der Waals surface area (Å²) in [6.07, 6.45) is -0.199.